The number of hydrogen-bond acceptors (Lipinski definition) is 6. The summed E-state index contributed by atoms with van der Waals surface area (Å²) >= 11 is 0. The van der Waals surface area contributed by atoms with Crippen molar-refractivity contribution in [3.63, 3.8) is 0 Å². The topological polar surface area (TPSA) is 95.3 Å². The van der Waals surface area contributed by atoms with E-state index in [1.54, 1.807) is 48.5 Å². The number of benzene rings is 2. The molecule has 0 saturated heterocycles. The van der Waals surface area contributed by atoms with Crippen molar-refractivity contribution < 1.29 is 17.9 Å². The summed E-state index contributed by atoms with van der Waals surface area (Å²) in [6.45, 7) is 2.38. The van der Waals surface area contributed by atoms with E-state index < -0.39 is 10.0 Å². The van der Waals surface area contributed by atoms with Crippen LogP contribution in [0.1, 0.15) is 6.92 Å². The van der Waals surface area contributed by atoms with E-state index in [0.29, 0.717) is 35.5 Å². The van der Waals surface area contributed by atoms with Crippen LogP contribution in [0.25, 0.3) is 5.82 Å². The lowest BCUT2D eigenvalue weighted by molar-refractivity contribution is 0.340. The highest BCUT2D eigenvalue weighted by Gasteiger charge is 2.14. The summed E-state index contributed by atoms with van der Waals surface area (Å²) in [5.74, 6) is 2.13. The van der Waals surface area contributed by atoms with Crippen LogP contribution in [-0.4, -0.2) is 29.8 Å². The van der Waals surface area contributed by atoms with Gasteiger partial charge in [0, 0.05) is 24.1 Å². The molecule has 0 atom stereocenters. The molecule has 0 aliphatic rings. The second kappa shape index (κ2) is 8.88. The van der Waals surface area contributed by atoms with E-state index >= 15 is 0 Å². The van der Waals surface area contributed by atoms with Crippen LogP contribution in [0.2, 0.25) is 0 Å². The molecule has 0 spiro atoms. The van der Waals surface area contributed by atoms with Gasteiger partial charge < -0.3 is 14.0 Å². The number of nitrogens with one attached hydrogen (secondary N) is 1. The van der Waals surface area contributed by atoms with E-state index in [1.807, 2.05) is 36.0 Å². The van der Waals surface area contributed by atoms with Crippen LogP contribution in [0.3, 0.4) is 0 Å². The van der Waals surface area contributed by atoms with Crippen LogP contribution in [0.4, 0.5) is 5.69 Å². The summed E-state index contributed by atoms with van der Waals surface area (Å²) < 4.78 is 40.5. The molecule has 0 unspecified atom stereocenters. The zero-order valence-electron chi connectivity index (χ0n) is 16.7. The molecule has 1 N–H and O–H groups in total. The molecule has 158 valence electrons. The normalized spacial score (nSPS) is 11.1. The Morgan fingerprint density at radius 3 is 2.16 bits per heavy atom. The van der Waals surface area contributed by atoms with Crippen LogP contribution in [-0.2, 0) is 10.0 Å². The lowest BCUT2D eigenvalue weighted by Crippen LogP contribution is -2.12. The molecule has 4 rings (SSSR count). The van der Waals surface area contributed by atoms with Gasteiger partial charge in [0.05, 0.1) is 11.5 Å². The van der Waals surface area contributed by atoms with E-state index in [0.717, 1.165) is 0 Å². The minimum absolute atomic E-state index is 0.148. The Hall–Kier alpha value is -3.85. The lowest BCUT2D eigenvalue weighted by Gasteiger charge is -2.10. The second-order valence-electron chi connectivity index (χ2n) is 6.46. The fourth-order valence-corrected chi connectivity index (χ4v) is 3.86. The fourth-order valence-electron chi connectivity index (χ4n) is 2.80. The van der Waals surface area contributed by atoms with E-state index in [9.17, 15) is 8.42 Å². The molecular weight excluding hydrogens is 416 g/mol. The third-order valence-corrected chi connectivity index (χ3v) is 5.67. The van der Waals surface area contributed by atoms with Crippen molar-refractivity contribution in [2.24, 2.45) is 0 Å². The van der Waals surface area contributed by atoms with Gasteiger partial charge in [0.25, 0.3) is 10.0 Å². The molecule has 0 saturated carbocycles. The average Bonchev–Trinajstić information content (AvgIpc) is 3.31. The summed E-state index contributed by atoms with van der Waals surface area (Å²) in [5, 5.41) is 8.18. The molecule has 0 amide bonds. The number of nitrogens with zero attached hydrogens (tertiary/aromatic N) is 3. The number of rotatable bonds is 8. The van der Waals surface area contributed by atoms with Crippen molar-refractivity contribution in [3.05, 3.63) is 85.2 Å². The van der Waals surface area contributed by atoms with Gasteiger partial charge in [0.2, 0.25) is 5.88 Å². The molecule has 2 aromatic carbocycles. The monoisotopic (exact) mass is 436 g/mol. The third-order valence-electron chi connectivity index (χ3n) is 4.27. The molecule has 8 nitrogen and oxygen atoms in total. The highest BCUT2D eigenvalue weighted by atomic mass is 32.2. The van der Waals surface area contributed by atoms with Crippen LogP contribution < -0.4 is 14.2 Å². The second-order valence-corrected chi connectivity index (χ2v) is 8.14. The largest absolute Gasteiger partial charge is 0.494 e. The molecule has 4 aromatic rings. The molecule has 2 heterocycles. The molecule has 31 heavy (non-hydrogen) atoms. The maximum absolute atomic E-state index is 12.6. The fraction of sp³-hybridized carbons (Fsp3) is 0.0909. The molecule has 0 aliphatic heterocycles. The van der Waals surface area contributed by atoms with Gasteiger partial charge in [-0.2, -0.15) is 0 Å². The molecular formula is C22H20N4O4S. The smallest absolute Gasteiger partial charge is 0.261 e. The average molecular weight is 436 g/mol. The first-order valence-electron chi connectivity index (χ1n) is 9.54. The predicted octanol–water partition coefficient (Wildman–Crippen LogP) is 4.26. The van der Waals surface area contributed by atoms with Gasteiger partial charge in [-0.3, -0.25) is 4.72 Å². The van der Waals surface area contributed by atoms with Gasteiger partial charge in [0.15, 0.2) is 5.82 Å². The number of hydrogen-bond donors (Lipinski definition) is 1. The minimum Gasteiger partial charge on any atom is -0.494 e. The van der Waals surface area contributed by atoms with Crippen LogP contribution in [0.15, 0.2) is 90.1 Å². The molecule has 2 aromatic heterocycles. The first-order chi connectivity index (χ1) is 15.0. The molecule has 0 aliphatic carbocycles. The number of anilines is 1. The van der Waals surface area contributed by atoms with Crippen LogP contribution in [0.5, 0.6) is 17.4 Å². The Morgan fingerprint density at radius 2 is 1.55 bits per heavy atom. The Kier molecular flexibility index (Phi) is 5.85. The number of sulfonamides is 1. The minimum atomic E-state index is -3.71. The summed E-state index contributed by atoms with van der Waals surface area (Å²) in [6.07, 6.45) is 3.75. The van der Waals surface area contributed by atoms with E-state index in [2.05, 4.69) is 14.9 Å². The van der Waals surface area contributed by atoms with Crippen LogP contribution in [0, 0.1) is 0 Å². The van der Waals surface area contributed by atoms with Gasteiger partial charge in [-0.05, 0) is 73.7 Å². The van der Waals surface area contributed by atoms with E-state index in [-0.39, 0.29) is 4.90 Å². The van der Waals surface area contributed by atoms with Gasteiger partial charge in [-0.1, -0.05) is 0 Å². The van der Waals surface area contributed by atoms with E-state index in [1.165, 1.54) is 12.1 Å². The zero-order chi connectivity index (χ0) is 21.7. The third kappa shape index (κ3) is 5.01. The van der Waals surface area contributed by atoms with Crippen molar-refractivity contribution in [2.45, 2.75) is 11.8 Å². The van der Waals surface area contributed by atoms with Gasteiger partial charge in [0.1, 0.15) is 11.5 Å². The Balaban J connectivity index is 1.40. The summed E-state index contributed by atoms with van der Waals surface area (Å²) in [5.41, 5.74) is 0.412. The SMILES string of the molecule is CCOc1ccc(S(=O)(=O)Nc2ccc(Oc3ccc(-n4cccc4)nn3)cc2)cc1. The Morgan fingerprint density at radius 1 is 0.871 bits per heavy atom. The van der Waals surface area contributed by atoms with Crippen molar-refractivity contribution in [3.8, 4) is 23.2 Å². The predicted molar refractivity (Wildman–Crippen MR) is 116 cm³/mol. The molecule has 0 bridgehead atoms. The van der Waals surface area contributed by atoms with Crippen molar-refractivity contribution in [1.82, 2.24) is 14.8 Å². The quantitative estimate of drug-likeness (QED) is 0.443. The highest BCUT2D eigenvalue weighted by Crippen LogP contribution is 2.24. The maximum atomic E-state index is 12.6. The van der Waals surface area contributed by atoms with Crippen molar-refractivity contribution in [1.29, 1.82) is 0 Å². The number of aromatic nitrogens is 3. The zero-order valence-corrected chi connectivity index (χ0v) is 17.5. The Bertz CT molecular complexity index is 1220. The van der Waals surface area contributed by atoms with Gasteiger partial charge in [-0.15, -0.1) is 10.2 Å². The summed E-state index contributed by atoms with van der Waals surface area (Å²) in [7, 11) is -3.71. The molecule has 0 fully saturated rings. The lowest BCUT2D eigenvalue weighted by atomic mass is 10.3. The van der Waals surface area contributed by atoms with Crippen molar-refractivity contribution >= 4 is 15.7 Å². The van der Waals surface area contributed by atoms with E-state index in [4.69, 9.17) is 9.47 Å². The first kappa shape index (κ1) is 20.4. The van der Waals surface area contributed by atoms with Gasteiger partial charge >= 0.3 is 0 Å². The highest BCUT2D eigenvalue weighted by molar-refractivity contribution is 7.92. The summed E-state index contributed by atoms with van der Waals surface area (Å²) in [6, 6.07) is 20.1. The first-order valence-corrected chi connectivity index (χ1v) is 11.0. The molecule has 9 heteroatoms. The van der Waals surface area contributed by atoms with Gasteiger partial charge in [-0.25, -0.2) is 8.42 Å². The van der Waals surface area contributed by atoms with Crippen LogP contribution >= 0.6 is 0 Å². The standard InChI is InChI=1S/C22H20N4O4S/c1-2-29-18-9-11-20(12-10-18)31(27,28)25-17-5-7-19(8-6-17)30-22-14-13-21(23-24-22)26-15-3-4-16-26/h3-16,25H,2H2,1H3. The van der Waals surface area contributed by atoms with Crippen molar-refractivity contribution in [2.75, 3.05) is 11.3 Å². The summed E-state index contributed by atoms with van der Waals surface area (Å²) in [4.78, 5) is 0.148. The Labute approximate surface area is 180 Å². The number of ether oxygens (including phenoxy) is 2. The molecule has 0 radical (unpaired) electrons. The maximum Gasteiger partial charge on any atom is 0.261 e.